The molecule has 4 nitrogen and oxygen atoms in total. The molecule has 0 heterocycles. The van der Waals surface area contributed by atoms with E-state index in [0.29, 0.717) is 12.8 Å². The fourth-order valence-corrected chi connectivity index (χ4v) is 9.71. The lowest BCUT2D eigenvalue weighted by Crippen LogP contribution is -2.45. The maximum Gasteiger partial charge on any atom is 0.220 e. The van der Waals surface area contributed by atoms with Crippen molar-refractivity contribution in [3.05, 3.63) is 48.6 Å². The molecule has 0 rings (SSSR count). The number of unbranched alkanes of at least 4 members (excludes halogenated alkanes) is 42. The third kappa shape index (κ3) is 55.3. The Bertz CT molecular complexity index is 1080. The van der Waals surface area contributed by atoms with Gasteiger partial charge in [0.05, 0.1) is 18.8 Å². The molecule has 4 heteroatoms. The fraction of sp³-hybridized carbons (Fsp3) is 0.859. The lowest BCUT2D eigenvalue weighted by Gasteiger charge is -2.22. The SMILES string of the molecule is CC/C=C\C/C=C\C/C=C\C/C=C\CCCCCCCCCCCCCCCCCCC(=O)NC(CO)C(O)CCCCCCCCCCCCCCCCCCCCCCCCCCCCC. The standard InChI is InChI=1S/C64H121NO3/c1-3-5-7-9-11-13-15-17-19-21-23-25-27-29-31-32-34-36-38-40-42-44-46-48-50-52-54-56-58-60-64(68)65-62(61-66)63(67)59-57-55-53-51-49-47-45-43-41-39-37-35-33-30-28-26-24-22-20-18-16-14-12-10-8-6-4-2/h5,7,11,13,17,19,23,25,62-63,66-67H,3-4,6,8-10,12,14-16,18,20-22,24,26-61H2,1-2H3,(H,65,68)/b7-5-,13-11-,19-17-,25-23-. The number of nitrogens with one attached hydrogen (secondary N) is 1. The van der Waals surface area contributed by atoms with Gasteiger partial charge >= 0.3 is 0 Å². The fourth-order valence-electron chi connectivity index (χ4n) is 9.71. The molecule has 2 atom stereocenters. The maximum atomic E-state index is 12.5. The van der Waals surface area contributed by atoms with Crippen molar-refractivity contribution in [2.45, 2.75) is 347 Å². The number of aliphatic hydroxyl groups excluding tert-OH is 2. The number of amides is 1. The summed E-state index contributed by atoms with van der Waals surface area (Å²) < 4.78 is 0. The first-order valence-electron chi connectivity index (χ1n) is 30.8. The van der Waals surface area contributed by atoms with E-state index in [4.69, 9.17) is 0 Å². The minimum Gasteiger partial charge on any atom is -0.394 e. The molecule has 1 amide bonds. The zero-order valence-electron chi connectivity index (χ0n) is 46.1. The molecule has 0 radical (unpaired) electrons. The Kier molecular flexibility index (Phi) is 58.2. The number of rotatable bonds is 57. The van der Waals surface area contributed by atoms with E-state index in [-0.39, 0.29) is 12.5 Å². The number of carbonyl (C=O) groups excluding carboxylic acids is 1. The van der Waals surface area contributed by atoms with Gasteiger partial charge in [0.15, 0.2) is 0 Å². The van der Waals surface area contributed by atoms with Crippen LogP contribution in [0.2, 0.25) is 0 Å². The van der Waals surface area contributed by atoms with Crippen molar-refractivity contribution < 1.29 is 15.0 Å². The molecule has 2 unspecified atom stereocenters. The molecule has 0 aliphatic carbocycles. The smallest absolute Gasteiger partial charge is 0.220 e. The highest BCUT2D eigenvalue weighted by atomic mass is 16.3. The van der Waals surface area contributed by atoms with Gasteiger partial charge in [0.25, 0.3) is 0 Å². The largest absolute Gasteiger partial charge is 0.394 e. The second kappa shape index (κ2) is 59.7. The minimum atomic E-state index is -0.661. The van der Waals surface area contributed by atoms with Crippen molar-refractivity contribution in [3.63, 3.8) is 0 Å². The van der Waals surface area contributed by atoms with Crippen molar-refractivity contribution in [3.8, 4) is 0 Å². The Hall–Kier alpha value is -1.65. The topological polar surface area (TPSA) is 69.6 Å². The third-order valence-electron chi connectivity index (χ3n) is 14.4. The van der Waals surface area contributed by atoms with Gasteiger partial charge in [-0.1, -0.05) is 326 Å². The predicted octanol–water partition coefficient (Wildman–Crippen LogP) is 20.6. The molecule has 0 aliphatic heterocycles. The first-order chi connectivity index (χ1) is 33.7. The summed E-state index contributed by atoms with van der Waals surface area (Å²) in [6.07, 6.45) is 82.7. The Morgan fingerprint density at radius 3 is 0.971 bits per heavy atom. The highest BCUT2D eigenvalue weighted by Crippen LogP contribution is 2.18. The summed E-state index contributed by atoms with van der Waals surface area (Å²) in [5.41, 5.74) is 0. The Morgan fingerprint density at radius 2 is 0.647 bits per heavy atom. The van der Waals surface area contributed by atoms with Crippen LogP contribution in [-0.2, 0) is 4.79 Å². The monoisotopic (exact) mass is 952 g/mol. The molecule has 0 aromatic carbocycles. The second-order valence-electron chi connectivity index (χ2n) is 21.1. The zero-order chi connectivity index (χ0) is 49.2. The average molecular weight is 953 g/mol. The molecule has 0 fully saturated rings. The molecule has 400 valence electrons. The molecule has 0 aromatic rings. The lowest BCUT2D eigenvalue weighted by molar-refractivity contribution is -0.123. The Morgan fingerprint density at radius 1 is 0.368 bits per heavy atom. The number of carbonyl (C=O) groups is 1. The lowest BCUT2D eigenvalue weighted by atomic mass is 10.0. The van der Waals surface area contributed by atoms with Gasteiger partial charge in [-0.2, -0.15) is 0 Å². The van der Waals surface area contributed by atoms with Gasteiger partial charge in [0.2, 0.25) is 5.91 Å². The van der Waals surface area contributed by atoms with E-state index in [0.717, 1.165) is 51.4 Å². The molecule has 68 heavy (non-hydrogen) atoms. The van der Waals surface area contributed by atoms with Crippen LogP contribution in [0.25, 0.3) is 0 Å². The molecule has 0 bridgehead atoms. The summed E-state index contributed by atoms with van der Waals surface area (Å²) in [6.45, 7) is 4.28. The van der Waals surface area contributed by atoms with E-state index in [1.165, 1.54) is 257 Å². The van der Waals surface area contributed by atoms with Crippen LogP contribution >= 0.6 is 0 Å². The molecule has 0 aliphatic rings. The quantitative estimate of drug-likeness (QED) is 0.0420. The summed E-state index contributed by atoms with van der Waals surface area (Å²) in [5.74, 6) is -0.0268. The van der Waals surface area contributed by atoms with Gasteiger partial charge in [-0.15, -0.1) is 0 Å². The molecule has 0 spiro atoms. The van der Waals surface area contributed by atoms with Crippen LogP contribution in [0, 0.1) is 0 Å². The number of aliphatic hydroxyl groups is 2. The number of hydrogen-bond acceptors (Lipinski definition) is 3. The van der Waals surface area contributed by atoms with Crippen LogP contribution in [0.4, 0.5) is 0 Å². The van der Waals surface area contributed by atoms with Crippen LogP contribution in [0.5, 0.6) is 0 Å². The van der Waals surface area contributed by atoms with E-state index in [1.807, 2.05) is 0 Å². The third-order valence-corrected chi connectivity index (χ3v) is 14.4. The average Bonchev–Trinajstić information content (AvgIpc) is 3.34. The van der Waals surface area contributed by atoms with E-state index >= 15 is 0 Å². The van der Waals surface area contributed by atoms with Gasteiger partial charge in [-0.05, 0) is 51.4 Å². The van der Waals surface area contributed by atoms with Crippen molar-refractivity contribution in [1.82, 2.24) is 5.32 Å². The van der Waals surface area contributed by atoms with Crippen LogP contribution < -0.4 is 5.32 Å². The molecule has 0 saturated heterocycles. The summed E-state index contributed by atoms with van der Waals surface area (Å²) in [4.78, 5) is 12.5. The maximum absolute atomic E-state index is 12.5. The first kappa shape index (κ1) is 66.3. The molecule has 3 N–H and O–H groups in total. The first-order valence-corrected chi connectivity index (χ1v) is 30.8. The van der Waals surface area contributed by atoms with E-state index < -0.39 is 12.1 Å². The number of allylic oxidation sites excluding steroid dienone is 8. The summed E-state index contributed by atoms with van der Waals surface area (Å²) in [5, 5.41) is 23.4. The normalized spacial score (nSPS) is 13.1. The second-order valence-corrected chi connectivity index (χ2v) is 21.1. The summed E-state index contributed by atoms with van der Waals surface area (Å²) in [7, 11) is 0. The van der Waals surface area contributed by atoms with E-state index in [2.05, 4.69) is 67.8 Å². The Balaban J connectivity index is 3.42. The van der Waals surface area contributed by atoms with Gasteiger partial charge in [0, 0.05) is 6.42 Å². The molecular formula is C64H121NO3. The summed E-state index contributed by atoms with van der Waals surface area (Å²) in [6, 6.07) is -0.538. The molecular weight excluding hydrogens is 831 g/mol. The number of hydrogen-bond donors (Lipinski definition) is 3. The van der Waals surface area contributed by atoms with Crippen molar-refractivity contribution >= 4 is 5.91 Å². The van der Waals surface area contributed by atoms with Crippen LogP contribution in [-0.4, -0.2) is 34.9 Å². The Labute approximate surface area is 426 Å². The van der Waals surface area contributed by atoms with Gasteiger partial charge in [-0.3, -0.25) is 4.79 Å². The molecule has 0 aromatic heterocycles. The minimum absolute atomic E-state index is 0.0268. The van der Waals surface area contributed by atoms with Gasteiger partial charge in [-0.25, -0.2) is 0 Å². The van der Waals surface area contributed by atoms with Gasteiger partial charge in [0.1, 0.15) is 0 Å². The van der Waals surface area contributed by atoms with Gasteiger partial charge < -0.3 is 15.5 Å². The van der Waals surface area contributed by atoms with Crippen molar-refractivity contribution in [2.75, 3.05) is 6.61 Å². The molecule has 0 saturated carbocycles. The van der Waals surface area contributed by atoms with Crippen molar-refractivity contribution in [2.24, 2.45) is 0 Å². The van der Waals surface area contributed by atoms with Crippen LogP contribution in [0.3, 0.4) is 0 Å². The van der Waals surface area contributed by atoms with Crippen molar-refractivity contribution in [1.29, 1.82) is 0 Å². The summed E-state index contributed by atoms with van der Waals surface area (Å²) >= 11 is 0. The van der Waals surface area contributed by atoms with Crippen LogP contribution in [0.15, 0.2) is 48.6 Å². The highest BCUT2D eigenvalue weighted by Gasteiger charge is 2.20. The van der Waals surface area contributed by atoms with E-state index in [9.17, 15) is 15.0 Å². The predicted molar refractivity (Wildman–Crippen MR) is 304 cm³/mol. The van der Waals surface area contributed by atoms with Crippen LogP contribution in [0.1, 0.15) is 335 Å². The van der Waals surface area contributed by atoms with E-state index in [1.54, 1.807) is 0 Å². The zero-order valence-corrected chi connectivity index (χ0v) is 46.1. The highest BCUT2D eigenvalue weighted by molar-refractivity contribution is 5.76.